The van der Waals surface area contributed by atoms with Gasteiger partial charge in [0.05, 0.1) is 11.7 Å². The van der Waals surface area contributed by atoms with Crippen LogP contribution in [0, 0.1) is 0 Å². The summed E-state index contributed by atoms with van der Waals surface area (Å²) in [7, 11) is 0. The number of para-hydroxylation sites is 1. The van der Waals surface area contributed by atoms with Gasteiger partial charge in [0, 0.05) is 17.8 Å². The monoisotopic (exact) mass is 338 g/mol. The van der Waals surface area contributed by atoms with E-state index in [1.165, 1.54) is 0 Å². The number of amides is 1. The van der Waals surface area contributed by atoms with Crippen LogP contribution in [0.2, 0.25) is 0 Å². The Morgan fingerprint density at radius 1 is 1.16 bits per heavy atom. The van der Waals surface area contributed by atoms with Gasteiger partial charge in [0.2, 0.25) is 0 Å². The molecule has 1 aliphatic heterocycles. The van der Waals surface area contributed by atoms with Crippen molar-refractivity contribution < 1.29 is 9.53 Å². The number of carbonyl (C=O) groups is 1. The van der Waals surface area contributed by atoms with Crippen LogP contribution in [0.4, 0.5) is 5.69 Å². The van der Waals surface area contributed by atoms with E-state index in [1.54, 1.807) is 0 Å². The number of benzene rings is 2. The third-order valence-electron chi connectivity index (χ3n) is 4.54. The zero-order chi connectivity index (χ0) is 18.0. The summed E-state index contributed by atoms with van der Waals surface area (Å²) in [6.07, 6.45) is 1.00. The quantitative estimate of drug-likeness (QED) is 0.864. The van der Waals surface area contributed by atoms with Gasteiger partial charge in [-0.1, -0.05) is 31.2 Å². The lowest BCUT2D eigenvalue weighted by molar-refractivity contribution is 0.0534. The third-order valence-corrected chi connectivity index (χ3v) is 4.54. The molecular weight excluding hydrogens is 312 g/mol. The summed E-state index contributed by atoms with van der Waals surface area (Å²) in [5.74, 6) is 0.882. The van der Waals surface area contributed by atoms with Crippen LogP contribution in [0.1, 0.15) is 50.0 Å². The molecule has 2 aromatic carbocycles. The van der Waals surface area contributed by atoms with Crippen LogP contribution in [0.5, 0.6) is 5.75 Å². The molecule has 0 saturated carbocycles. The first-order valence-electron chi connectivity index (χ1n) is 8.92. The lowest BCUT2D eigenvalue weighted by Crippen LogP contribution is -2.56. The number of ether oxygens (including phenoxy) is 1. The second-order valence-electron chi connectivity index (χ2n) is 6.89. The molecule has 132 valence electrons. The van der Waals surface area contributed by atoms with Gasteiger partial charge in [-0.15, -0.1) is 0 Å². The molecule has 0 aliphatic carbocycles. The lowest BCUT2D eigenvalue weighted by atomic mass is 9.93. The highest BCUT2D eigenvalue weighted by molar-refractivity contribution is 6.02. The van der Waals surface area contributed by atoms with Crippen LogP contribution in [0.3, 0.4) is 0 Å². The number of anilines is 1. The van der Waals surface area contributed by atoms with Gasteiger partial charge < -0.3 is 15.0 Å². The fraction of sp³-hybridized carbons (Fsp3) is 0.381. The third kappa shape index (κ3) is 3.21. The van der Waals surface area contributed by atoms with Crippen molar-refractivity contribution in [1.29, 1.82) is 0 Å². The van der Waals surface area contributed by atoms with E-state index in [0.29, 0.717) is 6.54 Å². The molecule has 25 heavy (non-hydrogen) atoms. The highest BCUT2D eigenvalue weighted by Gasteiger charge is 2.42. The fourth-order valence-electron chi connectivity index (χ4n) is 3.38. The molecule has 4 heteroatoms. The molecule has 1 amide bonds. The van der Waals surface area contributed by atoms with Crippen LogP contribution in [0.15, 0.2) is 48.5 Å². The van der Waals surface area contributed by atoms with Crippen molar-refractivity contribution in [1.82, 2.24) is 4.90 Å². The Labute approximate surface area is 149 Å². The Balaban J connectivity index is 2.07. The van der Waals surface area contributed by atoms with Crippen molar-refractivity contribution in [3.05, 3.63) is 59.7 Å². The minimum Gasteiger partial charge on any atom is -0.491 e. The van der Waals surface area contributed by atoms with E-state index in [9.17, 15) is 4.79 Å². The SMILES string of the molecule is CCCN1C(=O)c2ccccc2NC1(C)c1cccc(OC(C)C)c1. The first kappa shape index (κ1) is 17.3. The van der Waals surface area contributed by atoms with Crippen LogP contribution >= 0.6 is 0 Å². The molecular formula is C21H26N2O2. The van der Waals surface area contributed by atoms with Crippen LogP contribution < -0.4 is 10.1 Å². The summed E-state index contributed by atoms with van der Waals surface area (Å²) in [6.45, 7) is 8.86. The Hall–Kier alpha value is -2.49. The first-order chi connectivity index (χ1) is 12.0. The number of nitrogens with one attached hydrogen (secondary N) is 1. The zero-order valence-electron chi connectivity index (χ0n) is 15.4. The minimum absolute atomic E-state index is 0.0638. The summed E-state index contributed by atoms with van der Waals surface area (Å²) >= 11 is 0. The summed E-state index contributed by atoms with van der Waals surface area (Å²) in [6, 6.07) is 15.7. The van der Waals surface area contributed by atoms with Crippen molar-refractivity contribution >= 4 is 11.6 Å². The van der Waals surface area contributed by atoms with Crippen LogP contribution in [-0.2, 0) is 5.66 Å². The number of fused-ring (bicyclic) bond motifs is 1. The van der Waals surface area contributed by atoms with Crippen molar-refractivity contribution in [3.63, 3.8) is 0 Å². The van der Waals surface area contributed by atoms with E-state index < -0.39 is 5.66 Å². The number of nitrogens with zero attached hydrogens (tertiary/aromatic N) is 1. The van der Waals surface area contributed by atoms with Crippen molar-refractivity contribution in [3.8, 4) is 5.75 Å². The first-order valence-corrected chi connectivity index (χ1v) is 8.92. The van der Waals surface area contributed by atoms with Crippen LogP contribution in [-0.4, -0.2) is 23.5 Å². The van der Waals surface area contributed by atoms with E-state index in [2.05, 4.69) is 19.2 Å². The Kier molecular flexibility index (Phi) is 4.71. The van der Waals surface area contributed by atoms with E-state index in [1.807, 2.05) is 67.3 Å². The van der Waals surface area contributed by atoms with Gasteiger partial charge in [-0.25, -0.2) is 0 Å². The molecule has 1 N–H and O–H groups in total. The topological polar surface area (TPSA) is 41.6 Å². The van der Waals surface area contributed by atoms with Gasteiger partial charge in [-0.2, -0.15) is 0 Å². The molecule has 0 bridgehead atoms. The summed E-state index contributed by atoms with van der Waals surface area (Å²) < 4.78 is 5.85. The predicted molar refractivity (Wildman–Crippen MR) is 101 cm³/mol. The maximum atomic E-state index is 13.1. The number of hydrogen-bond donors (Lipinski definition) is 1. The lowest BCUT2D eigenvalue weighted by Gasteiger charge is -2.46. The van der Waals surface area contributed by atoms with Crippen molar-refractivity contribution in [2.75, 3.05) is 11.9 Å². The molecule has 1 unspecified atom stereocenters. The smallest absolute Gasteiger partial charge is 0.258 e. The van der Waals surface area contributed by atoms with Gasteiger partial charge >= 0.3 is 0 Å². The molecule has 0 spiro atoms. The average molecular weight is 338 g/mol. The summed E-state index contributed by atoms with van der Waals surface area (Å²) in [4.78, 5) is 15.0. The Morgan fingerprint density at radius 3 is 2.64 bits per heavy atom. The minimum atomic E-state index is -0.613. The molecule has 3 rings (SSSR count). The van der Waals surface area contributed by atoms with Gasteiger partial charge in [-0.05, 0) is 51.5 Å². The van der Waals surface area contributed by atoms with E-state index in [4.69, 9.17) is 4.74 Å². The number of carbonyl (C=O) groups excluding carboxylic acids is 1. The molecule has 0 radical (unpaired) electrons. The normalized spacial score (nSPS) is 19.6. The maximum absolute atomic E-state index is 13.1. The molecule has 0 saturated heterocycles. The predicted octanol–water partition coefficient (Wildman–Crippen LogP) is 4.62. The molecule has 1 aliphatic rings. The van der Waals surface area contributed by atoms with Crippen molar-refractivity contribution in [2.45, 2.75) is 45.9 Å². The van der Waals surface area contributed by atoms with Gasteiger partial charge in [0.1, 0.15) is 11.4 Å². The van der Waals surface area contributed by atoms with Gasteiger partial charge in [-0.3, -0.25) is 4.79 Å². The molecule has 0 aromatic heterocycles. The molecule has 1 atom stereocenters. The molecule has 4 nitrogen and oxygen atoms in total. The van der Waals surface area contributed by atoms with Crippen molar-refractivity contribution in [2.24, 2.45) is 0 Å². The molecule has 0 fully saturated rings. The second kappa shape index (κ2) is 6.79. The largest absolute Gasteiger partial charge is 0.491 e. The maximum Gasteiger partial charge on any atom is 0.258 e. The zero-order valence-corrected chi connectivity index (χ0v) is 15.4. The average Bonchev–Trinajstić information content (AvgIpc) is 2.58. The van der Waals surface area contributed by atoms with Gasteiger partial charge in [0.15, 0.2) is 0 Å². The molecule has 1 heterocycles. The van der Waals surface area contributed by atoms with Gasteiger partial charge in [0.25, 0.3) is 5.91 Å². The molecule has 2 aromatic rings. The fourth-order valence-corrected chi connectivity index (χ4v) is 3.38. The van der Waals surface area contributed by atoms with E-state index in [-0.39, 0.29) is 12.0 Å². The standard InChI is InChI=1S/C21H26N2O2/c1-5-13-23-20(24)18-11-6-7-12-19(18)22-21(23,4)16-9-8-10-17(14-16)25-15(2)3/h6-12,14-15,22H,5,13H2,1-4H3. The number of rotatable bonds is 5. The van der Waals surface area contributed by atoms with Crippen LogP contribution in [0.25, 0.3) is 0 Å². The highest BCUT2D eigenvalue weighted by Crippen LogP contribution is 2.38. The highest BCUT2D eigenvalue weighted by atomic mass is 16.5. The summed E-state index contributed by atoms with van der Waals surface area (Å²) in [5, 5.41) is 3.59. The summed E-state index contributed by atoms with van der Waals surface area (Å²) in [5.41, 5.74) is 2.00. The Bertz CT molecular complexity index is 772. The van der Waals surface area contributed by atoms with E-state index >= 15 is 0 Å². The Morgan fingerprint density at radius 2 is 1.92 bits per heavy atom. The van der Waals surface area contributed by atoms with E-state index in [0.717, 1.165) is 29.0 Å². The second-order valence-corrected chi connectivity index (χ2v) is 6.89. The number of hydrogen-bond acceptors (Lipinski definition) is 3.